The van der Waals surface area contributed by atoms with Gasteiger partial charge >= 0.3 is 0 Å². The molecule has 3 heterocycles. The van der Waals surface area contributed by atoms with E-state index in [1.165, 1.54) is 38.5 Å². The van der Waals surface area contributed by atoms with Crippen molar-refractivity contribution in [2.24, 2.45) is 63.4 Å². The molecule has 0 bridgehead atoms. The molecule has 318 valence electrons. The Morgan fingerprint density at radius 2 is 1.73 bits per heavy atom. The van der Waals surface area contributed by atoms with Gasteiger partial charge in [0.1, 0.15) is 24.0 Å². The van der Waals surface area contributed by atoms with E-state index in [1.54, 1.807) is 0 Å². The fourth-order valence-corrected chi connectivity index (χ4v) is 15.1. The third kappa shape index (κ3) is 6.75. The average Bonchev–Trinajstić information content (AvgIpc) is 3.94. The standard InChI is InChI=1S/C47H78N2O7/c1-29-17-22-55-46(26-29,41-40(56-41)45(5,53)42(2,28-50)18-13-31-16-21-49-38(48)23-31)37-15-20-47(54)35-25-36(52)34-24-33(51)14-19-43(34,3)39(35)32(27-44(37,47)4)12-11-30-9-7-6-8-10-30/h25,29-34,37-41,49-51,53-54H,6-24,26-28,48H2,1-5H3/p+1. The number of fused-ring (bicyclic) bond motifs is 5. The van der Waals surface area contributed by atoms with E-state index in [1.807, 2.05) is 19.9 Å². The smallest absolute Gasteiger partial charge is 0.159 e. The van der Waals surface area contributed by atoms with E-state index < -0.39 is 39.8 Å². The topological polar surface area (TPSA) is 162 Å². The van der Waals surface area contributed by atoms with Crippen LogP contribution in [-0.2, 0) is 14.3 Å². The Balaban J connectivity index is 1.13. The summed E-state index contributed by atoms with van der Waals surface area (Å²) in [7, 11) is 0. The number of ether oxygens (including phenoxy) is 2. The van der Waals surface area contributed by atoms with Gasteiger partial charge in [0, 0.05) is 29.8 Å². The largest absolute Gasteiger partial charge is 0.396 e. The zero-order chi connectivity index (χ0) is 39.9. The molecule has 7 fully saturated rings. The minimum Gasteiger partial charge on any atom is -0.396 e. The summed E-state index contributed by atoms with van der Waals surface area (Å²) < 4.78 is 14.0. The molecule has 9 nitrogen and oxygen atoms in total. The molecule has 9 heteroatoms. The fraction of sp³-hybridized carbons (Fsp3) is 0.936. The molecule has 3 saturated heterocycles. The third-order valence-electron chi connectivity index (χ3n) is 18.9. The van der Waals surface area contributed by atoms with Crippen molar-refractivity contribution in [3.63, 3.8) is 0 Å². The Labute approximate surface area is 337 Å². The number of aliphatic hydroxyl groups excluding tert-OH is 2. The van der Waals surface area contributed by atoms with Crippen LogP contribution in [0.1, 0.15) is 157 Å². The number of allylic oxidation sites excluding steroid dienone is 1. The summed E-state index contributed by atoms with van der Waals surface area (Å²) in [5.41, 5.74) is 2.54. The van der Waals surface area contributed by atoms with Gasteiger partial charge in [0.2, 0.25) is 0 Å². The molecule has 0 aromatic heterocycles. The molecular weight excluding hydrogens is 705 g/mol. The lowest BCUT2D eigenvalue weighted by molar-refractivity contribution is -0.699. The number of ketones is 1. The highest BCUT2D eigenvalue weighted by Crippen LogP contribution is 2.72. The zero-order valence-electron chi connectivity index (χ0n) is 35.7. The number of carbonyl (C=O) groups excluding carboxylic acids is 1. The summed E-state index contributed by atoms with van der Waals surface area (Å²) in [5.74, 6) is 1.94. The van der Waals surface area contributed by atoms with Crippen LogP contribution in [0.2, 0.25) is 0 Å². The number of carbonyl (C=O) groups is 1. The van der Waals surface area contributed by atoms with Gasteiger partial charge in [-0.15, -0.1) is 0 Å². The number of nitrogens with two attached hydrogens (primary N) is 2. The first-order valence-electron chi connectivity index (χ1n) is 23.4. The maximum Gasteiger partial charge on any atom is 0.159 e. The van der Waals surface area contributed by atoms with E-state index in [9.17, 15) is 25.2 Å². The number of rotatable bonds is 11. The van der Waals surface area contributed by atoms with Crippen LogP contribution in [0.3, 0.4) is 0 Å². The molecule has 5 aliphatic carbocycles. The molecule has 0 spiro atoms. The Morgan fingerprint density at radius 3 is 2.45 bits per heavy atom. The second-order valence-corrected chi connectivity index (χ2v) is 22.2. The third-order valence-corrected chi connectivity index (χ3v) is 18.9. The summed E-state index contributed by atoms with van der Waals surface area (Å²) in [4.78, 5) is 14.2. The summed E-state index contributed by atoms with van der Waals surface area (Å²) in [6.07, 6.45) is 19.3. The molecule has 16 atom stereocenters. The molecule has 0 amide bonds. The van der Waals surface area contributed by atoms with Crippen LogP contribution in [-0.4, -0.2) is 87.2 Å². The van der Waals surface area contributed by atoms with Crippen molar-refractivity contribution in [2.75, 3.05) is 19.8 Å². The summed E-state index contributed by atoms with van der Waals surface area (Å²) >= 11 is 0. The van der Waals surface area contributed by atoms with Gasteiger partial charge in [0.15, 0.2) is 5.78 Å². The van der Waals surface area contributed by atoms with Crippen LogP contribution in [0.15, 0.2) is 11.6 Å². The van der Waals surface area contributed by atoms with E-state index in [0.717, 1.165) is 75.8 Å². The van der Waals surface area contributed by atoms with Gasteiger partial charge in [-0.1, -0.05) is 66.2 Å². The predicted molar refractivity (Wildman–Crippen MR) is 216 cm³/mol. The molecule has 0 aromatic carbocycles. The maximum atomic E-state index is 14.2. The van der Waals surface area contributed by atoms with E-state index in [-0.39, 0.29) is 47.8 Å². The SMILES string of the molecule is CC1CCOC(C2OC2C(C)(O)C(C)(CO)CCC2CC[NH2+]C(N)C2)(C2CCC3(O)C4=CC(=O)C5CC(O)CCC5(C)C4C(CCC4CCCCC4)CC23C)C1. The number of hydrogen-bond acceptors (Lipinski definition) is 8. The number of piperidine rings is 1. The lowest BCUT2D eigenvalue weighted by Gasteiger charge is -2.63. The normalized spacial score (nSPS) is 49.2. The Morgan fingerprint density at radius 1 is 0.964 bits per heavy atom. The fourth-order valence-electron chi connectivity index (χ4n) is 15.1. The van der Waals surface area contributed by atoms with Gasteiger partial charge in [-0.2, -0.15) is 0 Å². The van der Waals surface area contributed by atoms with E-state index in [2.05, 4.69) is 26.1 Å². The quantitative estimate of drug-likeness (QED) is 0.149. The van der Waals surface area contributed by atoms with E-state index in [4.69, 9.17) is 15.2 Å². The summed E-state index contributed by atoms with van der Waals surface area (Å²) in [6, 6.07) is 0. The van der Waals surface area contributed by atoms with Crippen molar-refractivity contribution < 1.29 is 40.0 Å². The van der Waals surface area contributed by atoms with Gasteiger partial charge in [-0.05, 0) is 137 Å². The minimum absolute atomic E-state index is 0.0262. The molecule has 4 saturated carbocycles. The van der Waals surface area contributed by atoms with Crippen LogP contribution in [0.5, 0.6) is 0 Å². The van der Waals surface area contributed by atoms with Gasteiger partial charge in [-0.25, -0.2) is 0 Å². The van der Waals surface area contributed by atoms with Gasteiger partial charge in [0.25, 0.3) is 0 Å². The Bertz CT molecular complexity index is 1480. The van der Waals surface area contributed by atoms with Crippen LogP contribution >= 0.6 is 0 Å². The molecule has 8 rings (SSSR count). The van der Waals surface area contributed by atoms with Crippen molar-refractivity contribution in [2.45, 2.75) is 198 Å². The number of quaternary nitrogens is 1. The Hall–Kier alpha value is -0.910. The van der Waals surface area contributed by atoms with Gasteiger partial charge in [-0.3, -0.25) is 10.5 Å². The lowest BCUT2D eigenvalue weighted by atomic mass is 9.42. The van der Waals surface area contributed by atoms with Crippen molar-refractivity contribution in [1.29, 1.82) is 0 Å². The highest BCUT2D eigenvalue weighted by atomic mass is 16.6. The second-order valence-electron chi connectivity index (χ2n) is 22.2. The lowest BCUT2D eigenvalue weighted by Crippen LogP contribution is -2.94. The molecule has 8 N–H and O–H groups in total. The van der Waals surface area contributed by atoms with Crippen LogP contribution in [0.25, 0.3) is 0 Å². The molecule has 8 aliphatic rings. The second kappa shape index (κ2) is 15.2. The van der Waals surface area contributed by atoms with Crippen molar-refractivity contribution in [1.82, 2.24) is 0 Å². The first-order valence-corrected chi connectivity index (χ1v) is 23.4. The number of hydrogen-bond donors (Lipinski definition) is 6. The van der Waals surface area contributed by atoms with Crippen molar-refractivity contribution in [3.8, 4) is 0 Å². The molecule has 0 aromatic rings. The molecule has 56 heavy (non-hydrogen) atoms. The summed E-state index contributed by atoms with van der Waals surface area (Å²) in [6.45, 7) is 12.4. The number of aliphatic hydroxyl groups is 4. The molecule has 3 aliphatic heterocycles. The summed E-state index contributed by atoms with van der Waals surface area (Å²) in [5, 5.41) is 50.1. The maximum absolute atomic E-state index is 14.2. The van der Waals surface area contributed by atoms with Crippen LogP contribution < -0.4 is 11.1 Å². The zero-order valence-corrected chi connectivity index (χ0v) is 35.7. The predicted octanol–water partition coefficient (Wildman–Crippen LogP) is 5.55. The average molecular weight is 784 g/mol. The van der Waals surface area contributed by atoms with E-state index in [0.29, 0.717) is 50.0 Å². The molecule has 16 unspecified atom stereocenters. The van der Waals surface area contributed by atoms with Gasteiger partial charge in [0.05, 0.1) is 30.5 Å². The highest BCUT2D eigenvalue weighted by Gasteiger charge is 2.76. The Kier molecular flexibility index (Phi) is 11.4. The first kappa shape index (κ1) is 41.8. The molecular formula is C47H79N2O7+. The van der Waals surface area contributed by atoms with Crippen LogP contribution in [0.4, 0.5) is 0 Å². The minimum atomic E-state index is -1.30. The van der Waals surface area contributed by atoms with Crippen molar-refractivity contribution >= 4 is 5.78 Å². The first-order chi connectivity index (χ1) is 26.5. The van der Waals surface area contributed by atoms with Crippen molar-refractivity contribution in [3.05, 3.63) is 11.6 Å². The highest BCUT2D eigenvalue weighted by molar-refractivity contribution is 5.95. The monoisotopic (exact) mass is 784 g/mol. The molecule has 0 radical (unpaired) electrons. The van der Waals surface area contributed by atoms with Crippen LogP contribution in [0, 0.1) is 57.7 Å². The number of epoxide rings is 1. The van der Waals surface area contributed by atoms with E-state index >= 15 is 0 Å². The van der Waals surface area contributed by atoms with Gasteiger partial charge < -0.3 is 35.2 Å².